The van der Waals surface area contributed by atoms with Crippen molar-refractivity contribution in [2.45, 2.75) is 27.2 Å². The van der Waals surface area contributed by atoms with Crippen LogP contribution in [0.5, 0.6) is 0 Å². The molecule has 18 heavy (non-hydrogen) atoms. The molecule has 0 spiro atoms. The van der Waals surface area contributed by atoms with Crippen LogP contribution in [-0.2, 0) is 6.42 Å². The van der Waals surface area contributed by atoms with Crippen molar-refractivity contribution < 1.29 is 0 Å². The largest absolute Gasteiger partial charge is 0.192 e. The topological polar surface area (TPSA) is 23.8 Å². The molecule has 0 aliphatic carbocycles. The summed E-state index contributed by atoms with van der Waals surface area (Å²) < 4.78 is 0. The van der Waals surface area contributed by atoms with Crippen molar-refractivity contribution in [1.82, 2.24) is 0 Å². The summed E-state index contributed by atoms with van der Waals surface area (Å²) in [6.07, 6.45) is 4.50. The molecule has 0 heterocycles. The molecule has 0 saturated heterocycles. The van der Waals surface area contributed by atoms with Crippen molar-refractivity contribution in [3.8, 4) is 6.07 Å². The van der Waals surface area contributed by atoms with E-state index in [-0.39, 0.29) is 0 Å². The Morgan fingerprint density at radius 2 is 1.89 bits per heavy atom. The SMILES string of the molecule is C=C/C(C#N)=C\C(C)=C(/C)c1ccc(CC)cc1. The van der Waals surface area contributed by atoms with Crippen molar-refractivity contribution in [2.24, 2.45) is 0 Å². The van der Waals surface area contributed by atoms with Gasteiger partial charge in [0.25, 0.3) is 0 Å². The predicted molar refractivity (Wildman–Crippen MR) is 78.0 cm³/mol. The molecule has 0 fully saturated rings. The lowest BCUT2D eigenvalue weighted by atomic mass is 9.99. The van der Waals surface area contributed by atoms with E-state index in [1.165, 1.54) is 16.7 Å². The molecule has 0 radical (unpaired) electrons. The first kappa shape index (κ1) is 14.0. The maximum absolute atomic E-state index is 8.88. The highest BCUT2D eigenvalue weighted by Crippen LogP contribution is 2.20. The van der Waals surface area contributed by atoms with Crippen LogP contribution < -0.4 is 0 Å². The van der Waals surface area contributed by atoms with Gasteiger partial charge in [-0.25, -0.2) is 0 Å². The Kier molecular flexibility index (Phi) is 5.14. The monoisotopic (exact) mass is 237 g/mol. The molecule has 1 rings (SSSR count). The third-order valence-corrected chi connectivity index (χ3v) is 3.11. The highest BCUT2D eigenvalue weighted by Gasteiger charge is 2.00. The zero-order valence-electron chi connectivity index (χ0n) is 11.3. The summed E-state index contributed by atoms with van der Waals surface area (Å²) in [6, 6.07) is 10.7. The van der Waals surface area contributed by atoms with Crippen LogP contribution in [0.1, 0.15) is 31.9 Å². The maximum Gasteiger partial charge on any atom is 0.0991 e. The quantitative estimate of drug-likeness (QED) is 0.551. The molecule has 0 saturated carbocycles. The molecule has 0 amide bonds. The Bertz CT molecular complexity index is 522. The molecule has 0 N–H and O–H groups in total. The second-order valence-corrected chi connectivity index (χ2v) is 4.27. The van der Waals surface area contributed by atoms with E-state index >= 15 is 0 Å². The third kappa shape index (κ3) is 3.46. The van der Waals surface area contributed by atoms with Gasteiger partial charge in [-0.05, 0) is 48.6 Å². The molecule has 92 valence electrons. The second kappa shape index (κ2) is 6.61. The Morgan fingerprint density at radius 1 is 1.28 bits per heavy atom. The number of rotatable bonds is 4. The van der Waals surface area contributed by atoms with Crippen LogP contribution in [0.15, 0.2) is 54.1 Å². The van der Waals surface area contributed by atoms with Crippen molar-refractivity contribution in [2.75, 3.05) is 0 Å². The minimum atomic E-state index is 0.594. The van der Waals surface area contributed by atoms with Crippen LogP contribution in [-0.4, -0.2) is 0 Å². The minimum absolute atomic E-state index is 0.594. The van der Waals surface area contributed by atoms with E-state index in [1.807, 2.05) is 13.0 Å². The fourth-order valence-corrected chi connectivity index (χ4v) is 1.70. The summed E-state index contributed by atoms with van der Waals surface area (Å²) in [4.78, 5) is 0. The van der Waals surface area contributed by atoms with Gasteiger partial charge in [-0.3, -0.25) is 0 Å². The maximum atomic E-state index is 8.88. The number of benzene rings is 1. The molecule has 0 aliphatic rings. The summed E-state index contributed by atoms with van der Waals surface area (Å²) in [7, 11) is 0. The predicted octanol–water partition coefficient (Wildman–Crippen LogP) is 4.68. The molecule has 0 aliphatic heterocycles. The van der Waals surface area contributed by atoms with E-state index in [1.54, 1.807) is 6.08 Å². The summed E-state index contributed by atoms with van der Waals surface area (Å²) in [5.74, 6) is 0. The zero-order valence-corrected chi connectivity index (χ0v) is 11.3. The van der Waals surface area contributed by atoms with Gasteiger partial charge in [0.1, 0.15) is 0 Å². The van der Waals surface area contributed by atoms with Gasteiger partial charge < -0.3 is 0 Å². The summed E-state index contributed by atoms with van der Waals surface area (Å²) >= 11 is 0. The molecule has 1 nitrogen and oxygen atoms in total. The van der Waals surface area contributed by atoms with Crippen LogP contribution in [0, 0.1) is 11.3 Å². The first-order valence-electron chi connectivity index (χ1n) is 6.13. The number of hydrogen-bond acceptors (Lipinski definition) is 1. The molecule has 0 bridgehead atoms. The standard InChI is InChI=1S/C17H19N/c1-5-15-7-9-17(10-8-15)14(4)13(3)11-16(6-2)12-18/h6-11H,2,5H2,1,3-4H3/b14-13+,16-11+. The second-order valence-electron chi connectivity index (χ2n) is 4.27. The van der Waals surface area contributed by atoms with Gasteiger partial charge in [-0.15, -0.1) is 0 Å². The lowest BCUT2D eigenvalue weighted by Crippen LogP contribution is -1.86. The van der Waals surface area contributed by atoms with E-state index < -0.39 is 0 Å². The van der Waals surface area contributed by atoms with Crippen molar-refractivity contribution >= 4 is 5.57 Å². The summed E-state index contributed by atoms with van der Waals surface area (Å²) in [5, 5.41) is 8.88. The number of nitrogens with zero attached hydrogens (tertiary/aromatic N) is 1. The van der Waals surface area contributed by atoms with Gasteiger partial charge in [-0.2, -0.15) is 5.26 Å². The molecular formula is C17H19N. The molecule has 0 aromatic heterocycles. The summed E-state index contributed by atoms with van der Waals surface area (Å²) in [5.41, 5.74) is 5.41. The van der Waals surface area contributed by atoms with Crippen molar-refractivity contribution in [3.05, 3.63) is 65.3 Å². The fourth-order valence-electron chi connectivity index (χ4n) is 1.70. The van der Waals surface area contributed by atoms with Gasteiger partial charge in [0.15, 0.2) is 0 Å². The molecular weight excluding hydrogens is 218 g/mol. The van der Waals surface area contributed by atoms with E-state index in [4.69, 9.17) is 5.26 Å². The van der Waals surface area contributed by atoms with Gasteiger partial charge in [0.2, 0.25) is 0 Å². The van der Waals surface area contributed by atoms with Crippen LogP contribution in [0.25, 0.3) is 5.57 Å². The average Bonchev–Trinajstić information content (AvgIpc) is 2.43. The molecule has 0 atom stereocenters. The first-order valence-corrected chi connectivity index (χ1v) is 6.13. The highest BCUT2D eigenvalue weighted by atomic mass is 14.2. The number of aryl methyl sites for hydroxylation is 1. The van der Waals surface area contributed by atoms with E-state index in [0.29, 0.717) is 5.57 Å². The Labute approximate surface area is 110 Å². The van der Waals surface area contributed by atoms with Crippen LogP contribution >= 0.6 is 0 Å². The lowest BCUT2D eigenvalue weighted by molar-refractivity contribution is 1.14. The van der Waals surface area contributed by atoms with E-state index in [2.05, 4.69) is 50.8 Å². The summed E-state index contributed by atoms with van der Waals surface area (Å²) in [6.45, 7) is 9.87. The third-order valence-electron chi connectivity index (χ3n) is 3.11. The Hall–Kier alpha value is -2.07. The number of hydrogen-bond donors (Lipinski definition) is 0. The molecule has 1 heteroatoms. The van der Waals surface area contributed by atoms with E-state index in [0.717, 1.165) is 12.0 Å². The Morgan fingerprint density at radius 3 is 2.33 bits per heavy atom. The van der Waals surface area contributed by atoms with Crippen LogP contribution in [0.2, 0.25) is 0 Å². The molecule has 1 aromatic rings. The van der Waals surface area contributed by atoms with Gasteiger partial charge in [0, 0.05) is 0 Å². The van der Waals surface area contributed by atoms with Gasteiger partial charge in [-0.1, -0.05) is 43.8 Å². The Balaban J connectivity index is 3.10. The zero-order chi connectivity index (χ0) is 13.5. The normalized spacial score (nSPS) is 12.7. The fraction of sp³-hybridized carbons (Fsp3) is 0.235. The molecule has 0 unspecified atom stereocenters. The van der Waals surface area contributed by atoms with Gasteiger partial charge >= 0.3 is 0 Å². The van der Waals surface area contributed by atoms with E-state index in [9.17, 15) is 0 Å². The van der Waals surface area contributed by atoms with Crippen LogP contribution in [0.4, 0.5) is 0 Å². The average molecular weight is 237 g/mol. The highest BCUT2D eigenvalue weighted by molar-refractivity contribution is 5.69. The lowest BCUT2D eigenvalue weighted by Gasteiger charge is -2.06. The van der Waals surface area contributed by atoms with Crippen molar-refractivity contribution in [3.63, 3.8) is 0 Å². The first-order chi connectivity index (χ1) is 8.62. The number of allylic oxidation sites excluding steroid dienone is 5. The minimum Gasteiger partial charge on any atom is -0.192 e. The van der Waals surface area contributed by atoms with Gasteiger partial charge in [0.05, 0.1) is 11.6 Å². The number of nitriles is 1. The van der Waals surface area contributed by atoms with Crippen LogP contribution in [0.3, 0.4) is 0 Å². The smallest absolute Gasteiger partial charge is 0.0991 e. The van der Waals surface area contributed by atoms with Crippen molar-refractivity contribution in [1.29, 1.82) is 5.26 Å². The molecule has 1 aromatic carbocycles.